The molecule has 176 valence electrons. The van der Waals surface area contributed by atoms with Gasteiger partial charge in [0.15, 0.2) is 0 Å². The lowest BCUT2D eigenvalue weighted by atomic mass is 10.0. The van der Waals surface area contributed by atoms with Crippen molar-refractivity contribution in [3.8, 4) is 5.95 Å². The van der Waals surface area contributed by atoms with Crippen LogP contribution in [0.4, 0.5) is 0 Å². The van der Waals surface area contributed by atoms with Crippen LogP contribution in [0, 0.1) is 27.7 Å². The average molecular weight is 489 g/mol. The number of aromatic nitrogens is 4. The van der Waals surface area contributed by atoms with E-state index >= 15 is 0 Å². The molecule has 0 aliphatic carbocycles. The van der Waals surface area contributed by atoms with Gasteiger partial charge in [-0.15, -0.1) is 11.3 Å². The van der Waals surface area contributed by atoms with Gasteiger partial charge in [0.25, 0.3) is 5.95 Å². The number of likely N-dealkylation sites (tertiary alicyclic amines) is 1. The third-order valence-corrected chi connectivity index (χ3v) is 8.78. The van der Waals surface area contributed by atoms with E-state index in [4.69, 9.17) is 0 Å². The van der Waals surface area contributed by atoms with E-state index < -0.39 is 10.0 Å². The summed E-state index contributed by atoms with van der Waals surface area (Å²) in [5, 5.41) is 6.33. The molecule has 0 atom stereocenters. The maximum atomic E-state index is 13.0. The summed E-state index contributed by atoms with van der Waals surface area (Å²) in [5.74, 6) is 0.521. The van der Waals surface area contributed by atoms with E-state index in [-0.39, 0.29) is 18.4 Å². The van der Waals surface area contributed by atoms with Gasteiger partial charge >= 0.3 is 0 Å². The topological polar surface area (TPSA) is 110 Å². The van der Waals surface area contributed by atoms with E-state index in [2.05, 4.69) is 19.8 Å². The zero-order chi connectivity index (χ0) is 23.8. The molecule has 0 spiro atoms. The smallest absolute Gasteiger partial charge is 0.251 e. The Hall–Kier alpha value is -2.63. The van der Waals surface area contributed by atoms with E-state index in [1.165, 1.54) is 11.3 Å². The van der Waals surface area contributed by atoms with Gasteiger partial charge in [-0.2, -0.15) is 5.10 Å². The summed E-state index contributed by atoms with van der Waals surface area (Å²) in [5.41, 5.74) is 4.23. The number of carbonyl (C=O) groups is 1. The number of carbonyl (C=O) groups excluding carboxylic acids is 1. The van der Waals surface area contributed by atoms with Crippen LogP contribution < -0.4 is 4.72 Å². The molecule has 4 rings (SSSR count). The summed E-state index contributed by atoms with van der Waals surface area (Å²) in [4.78, 5) is 23.8. The van der Waals surface area contributed by atoms with Crippen LogP contribution in [0.2, 0.25) is 0 Å². The number of rotatable bonds is 6. The van der Waals surface area contributed by atoms with E-state index in [9.17, 15) is 13.2 Å². The maximum absolute atomic E-state index is 13.0. The SMILES string of the molecule is Cc1cc(C)nc(-n2nc(C)c(CC(=O)N3CCC(NS(=O)(=O)c4cccs4)CC3)c2C)n1. The summed E-state index contributed by atoms with van der Waals surface area (Å²) < 4.78 is 29.7. The molecule has 0 unspecified atom stereocenters. The lowest BCUT2D eigenvalue weighted by Crippen LogP contribution is -2.46. The molecule has 0 radical (unpaired) electrons. The van der Waals surface area contributed by atoms with Crippen LogP contribution in [0.15, 0.2) is 27.8 Å². The van der Waals surface area contributed by atoms with Gasteiger partial charge in [-0.05, 0) is 58.0 Å². The Balaban J connectivity index is 1.40. The van der Waals surface area contributed by atoms with Gasteiger partial charge in [0, 0.05) is 41.8 Å². The minimum atomic E-state index is -3.50. The highest BCUT2D eigenvalue weighted by molar-refractivity contribution is 7.91. The molecular formula is C22H28N6O3S2. The number of hydrogen-bond acceptors (Lipinski definition) is 7. The molecule has 0 saturated carbocycles. The molecule has 9 nitrogen and oxygen atoms in total. The maximum Gasteiger partial charge on any atom is 0.251 e. The molecule has 1 saturated heterocycles. The quantitative estimate of drug-likeness (QED) is 0.571. The van der Waals surface area contributed by atoms with Gasteiger partial charge in [-0.25, -0.2) is 27.8 Å². The number of thiophene rings is 1. The summed E-state index contributed by atoms with van der Waals surface area (Å²) in [7, 11) is -3.50. The molecule has 3 aromatic heterocycles. The Morgan fingerprint density at radius 3 is 2.42 bits per heavy atom. The largest absolute Gasteiger partial charge is 0.342 e. The van der Waals surface area contributed by atoms with Crippen molar-refractivity contribution in [3.05, 3.63) is 51.9 Å². The first-order valence-corrected chi connectivity index (χ1v) is 13.2. The second-order valence-electron chi connectivity index (χ2n) is 8.40. The number of amides is 1. The van der Waals surface area contributed by atoms with Crippen molar-refractivity contribution < 1.29 is 13.2 Å². The van der Waals surface area contributed by atoms with Gasteiger partial charge in [0.2, 0.25) is 15.9 Å². The summed E-state index contributed by atoms with van der Waals surface area (Å²) in [6.45, 7) is 8.68. The molecule has 33 heavy (non-hydrogen) atoms. The molecule has 0 bridgehead atoms. The molecule has 3 aromatic rings. The van der Waals surface area contributed by atoms with E-state index in [1.54, 1.807) is 27.1 Å². The Kier molecular flexibility index (Phi) is 6.64. The first-order valence-electron chi connectivity index (χ1n) is 10.9. The Labute approximate surface area is 197 Å². The molecule has 1 fully saturated rings. The van der Waals surface area contributed by atoms with Gasteiger partial charge in [0.05, 0.1) is 12.1 Å². The first-order chi connectivity index (χ1) is 15.6. The molecule has 11 heteroatoms. The fraction of sp³-hybridized carbons (Fsp3) is 0.455. The minimum Gasteiger partial charge on any atom is -0.342 e. The third-order valence-electron chi connectivity index (χ3n) is 5.86. The van der Waals surface area contributed by atoms with E-state index in [0.29, 0.717) is 36.1 Å². The van der Waals surface area contributed by atoms with Crippen LogP contribution in [0.5, 0.6) is 0 Å². The van der Waals surface area contributed by atoms with Gasteiger partial charge < -0.3 is 4.90 Å². The number of nitrogens with one attached hydrogen (secondary N) is 1. The standard InChI is InChI=1S/C22H28N6O3S2/c1-14-12-15(2)24-22(23-14)28-17(4)19(16(3)25-28)13-20(29)27-9-7-18(8-10-27)26-33(30,31)21-6-5-11-32-21/h5-6,11-12,18,26H,7-10,13H2,1-4H3. The monoisotopic (exact) mass is 488 g/mol. The van der Waals surface area contributed by atoms with Gasteiger partial charge in [-0.3, -0.25) is 4.79 Å². The van der Waals surface area contributed by atoms with Crippen LogP contribution in [-0.4, -0.2) is 58.1 Å². The molecule has 1 aliphatic rings. The molecule has 1 aliphatic heterocycles. The molecule has 4 heterocycles. The van der Waals surface area contributed by atoms with Gasteiger partial charge in [0.1, 0.15) is 4.21 Å². The summed E-state index contributed by atoms with van der Waals surface area (Å²) in [6.07, 6.45) is 1.42. The number of sulfonamides is 1. The fourth-order valence-electron chi connectivity index (χ4n) is 4.13. The number of nitrogens with zero attached hydrogens (tertiary/aromatic N) is 5. The first kappa shape index (κ1) is 23.5. The molecular weight excluding hydrogens is 460 g/mol. The highest BCUT2D eigenvalue weighted by atomic mass is 32.2. The van der Waals surface area contributed by atoms with Crippen molar-refractivity contribution >= 4 is 27.3 Å². The van der Waals surface area contributed by atoms with Crippen LogP contribution in [0.25, 0.3) is 5.95 Å². The van der Waals surface area contributed by atoms with Crippen molar-refractivity contribution in [3.63, 3.8) is 0 Å². The summed E-state index contributed by atoms with van der Waals surface area (Å²) >= 11 is 1.20. The summed E-state index contributed by atoms with van der Waals surface area (Å²) in [6, 6.07) is 5.05. The van der Waals surface area contributed by atoms with Crippen molar-refractivity contribution in [1.29, 1.82) is 0 Å². The third kappa shape index (κ3) is 5.15. The van der Waals surface area contributed by atoms with Crippen LogP contribution in [-0.2, 0) is 21.2 Å². The second kappa shape index (κ2) is 9.32. The Morgan fingerprint density at radius 1 is 1.15 bits per heavy atom. The Morgan fingerprint density at radius 2 is 1.82 bits per heavy atom. The number of aryl methyl sites for hydroxylation is 3. The zero-order valence-corrected chi connectivity index (χ0v) is 20.8. The van der Waals surface area contributed by atoms with Crippen LogP contribution >= 0.6 is 11.3 Å². The number of piperidine rings is 1. The van der Waals surface area contributed by atoms with Crippen molar-refractivity contribution in [1.82, 2.24) is 29.4 Å². The lowest BCUT2D eigenvalue weighted by molar-refractivity contribution is -0.131. The predicted molar refractivity (Wildman–Crippen MR) is 126 cm³/mol. The second-order valence-corrected chi connectivity index (χ2v) is 11.3. The van der Waals surface area contributed by atoms with E-state index in [0.717, 1.165) is 28.3 Å². The van der Waals surface area contributed by atoms with Crippen molar-refractivity contribution in [2.24, 2.45) is 0 Å². The van der Waals surface area contributed by atoms with Crippen LogP contribution in [0.1, 0.15) is 41.2 Å². The molecule has 1 amide bonds. The van der Waals surface area contributed by atoms with Crippen molar-refractivity contribution in [2.45, 2.75) is 57.2 Å². The normalized spacial score (nSPS) is 15.2. The number of hydrogen-bond donors (Lipinski definition) is 1. The van der Waals surface area contributed by atoms with E-state index in [1.807, 2.05) is 33.8 Å². The van der Waals surface area contributed by atoms with Crippen molar-refractivity contribution in [2.75, 3.05) is 13.1 Å². The van der Waals surface area contributed by atoms with Crippen LogP contribution in [0.3, 0.4) is 0 Å². The molecule has 0 aromatic carbocycles. The zero-order valence-electron chi connectivity index (χ0n) is 19.2. The lowest BCUT2D eigenvalue weighted by Gasteiger charge is -2.32. The average Bonchev–Trinajstić information content (AvgIpc) is 3.38. The fourth-order valence-corrected chi connectivity index (χ4v) is 6.45. The minimum absolute atomic E-state index is 0.0154. The molecule has 1 N–H and O–H groups in total. The predicted octanol–water partition coefficient (Wildman–Crippen LogP) is 2.47. The van der Waals surface area contributed by atoms with Gasteiger partial charge in [-0.1, -0.05) is 6.07 Å². The highest BCUT2D eigenvalue weighted by Crippen LogP contribution is 2.21. The highest BCUT2D eigenvalue weighted by Gasteiger charge is 2.28. The Bertz CT molecular complexity index is 1240.